The van der Waals surface area contributed by atoms with E-state index >= 15 is 0 Å². The summed E-state index contributed by atoms with van der Waals surface area (Å²) in [7, 11) is 0. The summed E-state index contributed by atoms with van der Waals surface area (Å²) in [6.07, 6.45) is -0.281. The summed E-state index contributed by atoms with van der Waals surface area (Å²) in [4.78, 5) is 27.6. The molecule has 140 valence electrons. The van der Waals surface area contributed by atoms with Crippen LogP contribution in [0.5, 0.6) is 0 Å². The maximum Gasteiger partial charge on any atom is 0.264 e. The van der Waals surface area contributed by atoms with Crippen LogP contribution in [0.3, 0.4) is 0 Å². The van der Waals surface area contributed by atoms with E-state index in [1.54, 1.807) is 29.2 Å². The minimum absolute atomic E-state index is 0.257. The zero-order valence-electron chi connectivity index (χ0n) is 15.6. The monoisotopic (exact) mass is 371 g/mol. The molecule has 1 N–H and O–H groups in total. The Morgan fingerprint density at radius 2 is 1.57 bits per heavy atom. The zero-order chi connectivity index (χ0) is 19.7. The summed E-state index contributed by atoms with van der Waals surface area (Å²) in [5.74, 6) is -0.717. The molecule has 0 saturated heterocycles. The smallest absolute Gasteiger partial charge is 0.264 e. The molecule has 3 aromatic carbocycles. The van der Waals surface area contributed by atoms with Crippen molar-refractivity contribution in [2.45, 2.75) is 25.5 Å². The Morgan fingerprint density at radius 1 is 0.929 bits per heavy atom. The topological polar surface area (TPSA) is 57.6 Å². The number of hydrogen-bond donors (Lipinski definition) is 1. The molecule has 4 heteroatoms. The van der Waals surface area contributed by atoms with E-state index in [4.69, 9.17) is 0 Å². The van der Waals surface area contributed by atoms with Crippen molar-refractivity contribution in [2.24, 2.45) is 0 Å². The lowest BCUT2D eigenvalue weighted by atomic mass is 9.88. The molecule has 4 nitrogen and oxygen atoms in total. The first kappa shape index (κ1) is 18.1. The van der Waals surface area contributed by atoms with E-state index in [9.17, 15) is 14.7 Å². The SMILES string of the molecule is Cc1ccc(C(=O)CC2(O)C(=O)N(Cc3ccccc3)c3ccccc32)cc1. The highest BCUT2D eigenvalue weighted by atomic mass is 16.3. The van der Waals surface area contributed by atoms with E-state index in [2.05, 4.69) is 0 Å². The lowest BCUT2D eigenvalue weighted by Gasteiger charge is -2.23. The van der Waals surface area contributed by atoms with Crippen molar-refractivity contribution in [3.8, 4) is 0 Å². The molecule has 0 spiro atoms. The average molecular weight is 371 g/mol. The number of rotatable bonds is 5. The van der Waals surface area contributed by atoms with Gasteiger partial charge < -0.3 is 10.0 Å². The molecule has 1 amide bonds. The number of nitrogens with zero attached hydrogens (tertiary/aromatic N) is 1. The minimum atomic E-state index is -1.85. The molecular weight excluding hydrogens is 350 g/mol. The van der Waals surface area contributed by atoms with Gasteiger partial charge in [0.15, 0.2) is 11.4 Å². The fourth-order valence-corrected chi connectivity index (χ4v) is 3.67. The van der Waals surface area contributed by atoms with Crippen LogP contribution in [0, 0.1) is 6.92 Å². The lowest BCUT2D eigenvalue weighted by Crippen LogP contribution is -2.41. The van der Waals surface area contributed by atoms with Crippen molar-refractivity contribution in [3.63, 3.8) is 0 Å². The number of para-hydroxylation sites is 1. The number of fused-ring (bicyclic) bond motifs is 1. The number of carbonyl (C=O) groups excluding carboxylic acids is 2. The predicted molar refractivity (Wildman–Crippen MR) is 108 cm³/mol. The third kappa shape index (κ3) is 3.12. The van der Waals surface area contributed by atoms with Crippen LogP contribution < -0.4 is 4.90 Å². The number of aryl methyl sites for hydroxylation is 1. The average Bonchev–Trinajstić information content (AvgIpc) is 2.91. The maximum atomic E-state index is 13.2. The van der Waals surface area contributed by atoms with Gasteiger partial charge >= 0.3 is 0 Å². The van der Waals surface area contributed by atoms with Crippen molar-refractivity contribution in [3.05, 3.63) is 101 Å². The first-order valence-electron chi connectivity index (χ1n) is 9.27. The first-order valence-corrected chi connectivity index (χ1v) is 9.27. The second-order valence-electron chi connectivity index (χ2n) is 7.22. The number of amides is 1. The Labute approximate surface area is 164 Å². The fraction of sp³-hybridized carbons (Fsp3) is 0.167. The van der Waals surface area contributed by atoms with Gasteiger partial charge in [0.25, 0.3) is 5.91 Å². The van der Waals surface area contributed by atoms with Crippen molar-refractivity contribution < 1.29 is 14.7 Å². The van der Waals surface area contributed by atoms with Crippen LogP contribution in [0.15, 0.2) is 78.9 Å². The molecule has 4 rings (SSSR count). The molecule has 3 aromatic rings. The van der Waals surface area contributed by atoms with Gasteiger partial charge in [-0.15, -0.1) is 0 Å². The Bertz CT molecular complexity index is 1030. The van der Waals surface area contributed by atoms with Gasteiger partial charge in [-0.2, -0.15) is 0 Å². The summed E-state index contributed by atoms with van der Waals surface area (Å²) in [5, 5.41) is 11.3. The van der Waals surface area contributed by atoms with Crippen LogP contribution in [0.1, 0.15) is 33.5 Å². The molecule has 1 unspecified atom stereocenters. The molecule has 0 radical (unpaired) electrons. The van der Waals surface area contributed by atoms with Crippen LogP contribution in [-0.2, 0) is 16.9 Å². The van der Waals surface area contributed by atoms with Crippen molar-refractivity contribution in [1.29, 1.82) is 0 Å². The maximum absolute atomic E-state index is 13.2. The molecule has 28 heavy (non-hydrogen) atoms. The number of anilines is 1. The molecular formula is C24H21NO3. The number of benzene rings is 3. The molecule has 0 aromatic heterocycles. The van der Waals surface area contributed by atoms with Gasteiger partial charge in [-0.1, -0.05) is 78.4 Å². The number of carbonyl (C=O) groups is 2. The van der Waals surface area contributed by atoms with E-state index in [1.165, 1.54) is 0 Å². The third-order valence-corrected chi connectivity index (χ3v) is 5.21. The number of aliphatic hydroxyl groups is 1. The second-order valence-corrected chi connectivity index (χ2v) is 7.22. The summed E-state index contributed by atoms with van der Waals surface area (Å²) in [6, 6.07) is 23.9. The van der Waals surface area contributed by atoms with Gasteiger partial charge in [0.05, 0.1) is 18.7 Å². The van der Waals surface area contributed by atoms with E-state index in [-0.39, 0.29) is 12.2 Å². The predicted octanol–water partition coefficient (Wildman–Crippen LogP) is 4.00. The van der Waals surface area contributed by atoms with E-state index in [1.807, 2.05) is 61.5 Å². The van der Waals surface area contributed by atoms with Gasteiger partial charge in [0, 0.05) is 11.1 Å². The number of ketones is 1. The Kier molecular flexibility index (Phi) is 4.57. The van der Waals surface area contributed by atoms with E-state index in [0.717, 1.165) is 11.1 Å². The molecule has 0 fully saturated rings. The van der Waals surface area contributed by atoms with Crippen LogP contribution in [0.25, 0.3) is 0 Å². The highest BCUT2D eigenvalue weighted by Gasteiger charge is 2.50. The molecule has 0 aliphatic carbocycles. The third-order valence-electron chi connectivity index (χ3n) is 5.21. The highest BCUT2D eigenvalue weighted by molar-refractivity contribution is 6.10. The molecule has 1 aliphatic heterocycles. The first-order chi connectivity index (χ1) is 13.5. The molecule has 0 bridgehead atoms. The molecule has 1 aliphatic rings. The zero-order valence-corrected chi connectivity index (χ0v) is 15.6. The van der Waals surface area contributed by atoms with Crippen LogP contribution >= 0.6 is 0 Å². The van der Waals surface area contributed by atoms with Crippen LogP contribution in [0.4, 0.5) is 5.69 Å². The lowest BCUT2D eigenvalue weighted by molar-refractivity contribution is -0.136. The van der Waals surface area contributed by atoms with Crippen LogP contribution in [0.2, 0.25) is 0 Å². The second kappa shape index (κ2) is 7.06. The summed E-state index contributed by atoms with van der Waals surface area (Å²) < 4.78 is 0. The summed E-state index contributed by atoms with van der Waals surface area (Å²) in [5.41, 5.74) is 1.77. The van der Waals surface area contributed by atoms with Gasteiger partial charge in [0.1, 0.15) is 0 Å². The Hall–Kier alpha value is -3.24. The van der Waals surface area contributed by atoms with E-state index < -0.39 is 11.5 Å². The van der Waals surface area contributed by atoms with Crippen molar-refractivity contribution in [2.75, 3.05) is 4.90 Å². The largest absolute Gasteiger partial charge is 0.375 e. The fourth-order valence-electron chi connectivity index (χ4n) is 3.67. The molecule has 1 atom stereocenters. The minimum Gasteiger partial charge on any atom is -0.375 e. The quantitative estimate of drug-likeness (QED) is 0.690. The van der Waals surface area contributed by atoms with Gasteiger partial charge in [0.2, 0.25) is 0 Å². The summed E-state index contributed by atoms with van der Waals surface area (Å²) in [6.45, 7) is 2.29. The van der Waals surface area contributed by atoms with Gasteiger partial charge in [-0.3, -0.25) is 9.59 Å². The number of Topliss-reactive ketones (excluding diaryl/α,β-unsaturated/α-hetero) is 1. The summed E-state index contributed by atoms with van der Waals surface area (Å²) >= 11 is 0. The van der Waals surface area contributed by atoms with Gasteiger partial charge in [-0.05, 0) is 18.6 Å². The normalized spacial score (nSPS) is 18.2. The molecule has 1 heterocycles. The van der Waals surface area contributed by atoms with E-state index in [0.29, 0.717) is 23.4 Å². The van der Waals surface area contributed by atoms with Crippen LogP contribution in [-0.4, -0.2) is 16.8 Å². The number of hydrogen-bond acceptors (Lipinski definition) is 3. The Morgan fingerprint density at radius 3 is 2.29 bits per heavy atom. The standard InChI is InChI=1S/C24H21NO3/c1-17-11-13-19(14-12-17)22(26)15-24(28)20-9-5-6-10-21(20)25(23(24)27)16-18-7-3-2-4-8-18/h2-14,28H,15-16H2,1H3. The van der Waals surface area contributed by atoms with Crippen molar-refractivity contribution in [1.82, 2.24) is 0 Å². The van der Waals surface area contributed by atoms with Gasteiger partial charge in [-0.25, -0.2) is 0 Å². The van der Waals surface area contributed by atoms with Crippen molar-refractivity contribution >= 4 is 17.4 Å². The Balaban J connectivity index is 1.67. The molecule has 0 saturated carbocycles. The highest BCUT2D eigenvalue weighted by Crippen LogP contribution is 2.43.